The highest BCUT2D eigenvalue weighted by molar-refractivity contribution is 5.81. The summed E-state index contributed by atoms with van der Waals surface area (Å²) in [6, 6.07) is 19.2. The van der Waals surface area contributed by atoms with Gasteiger partial charge < -0.3 is 15.2 Å². The lowest BCUT2D eigenvalue weighted by Gasteiger charge is -2.18. The van der Waals surface area contributed by atoms with Crippen molar-refractivity contribution in [2.75, 3.05) is 6.61 Å². The normalized spacial score (nSPS) is 13.2. The molecule has 0 bridgehead atoms. The van der Waals surface area contributed by atoms with Gasteiger partial charge in [0.1, 0.15) is 18.5 Å². The standard InChI is InChI=1S/C25H22FNO4/c1-15-16(7-6-12-22(15)26)13-23(24(28)29)27-25(30)31-14-21-19-10-4-2-8-17(19)18-9-3-5-11-20(18)21/h2-12,21,23H,13-14H2,1H3,(H,27,30)(H,28,29)/t23-/m0/s1. The Bertz CT molecular complexity index is 1100. The number of nitrogens with one attached hydrogen (secondary N) is 1. The quantitative estimate of drug-likeness (QED) is 0.609. The highest BCUT2D eigenvalue weighted by Crippen LogP contribution is 2.44. The summed E-state index contributed by atoms with van der Waals surface area (Å²) in [5.41, 5.74) is 5.24. The zero-order chi connectivity index (χ0) is 22.0. The van der Waals surface area contributed by atoms with Crippen molar-refractivity contribution in [3.8, 4) is 11.1 Å². The minimum atomic E-state index is -1.23. The number of hydrogen-bond donors (Lipinski definition) is 2. The van der Waals surface area contributed by atoms with Gasteiger partial charge in [-0.1, -0.05) is 60.7 Å². The molecule has 1 aliphatic carbocycles. The number of halogens is 1. The van der Waals surface area contributed by atoms with Crippen LogP contribution in [-0.4, -0.2) is 29.8 Å². The summed E-state index contributed by atoms with van der Waals surface area (Å²) in [6.07, 6.45) is -0.855. The van der Waals surface area contributed by atoms with Gasteiger partial charge in [-0.05, 0) is 46.4 Å². The van der Waals surface area contributed by atoms with Crippen molar-refractivity contribution in [2.24, 2.45) is 0 Å². The molecule has 0 aliphatic heterocycles. The summed E-state index contributed by atoms with van der Waals surface area (Å²) in [4.78, 5) is 24.1. The SMILES string of the molecule is Cc1c(F)cccc1C[C@H](NC(=O)OCC1c2ccccc2-c2ccccc21)C(=O)O. The number of amides is 1. The fourth-order valence-corrected chi connectivity index (χ4v) is 4.08. The number of benzene rings is 3. The summed E-state index contributed by atoms with van der Waals surface area (Å²) in [6.45, 7) is 1.67. The van der Waals surface area contributed by atoms with Gasteiger partial charge in [-0.2, -0.15) is 0 Å². The summed E-state index contributed by atoms with van der Waals surface area (Å²) in [7, 11) is 0. The molecule has 2 N–H and O–H groups in total. The van der Waals surface area contributed by atoms with Crippen LogP contribution in [0.2, 0.25) is 0 Å². The van der Waals surface area contributed by atoms with Crippen molar-refractivity contribution in [1.82, 2.24) is 5.32 Å². The third kappa shape index (κ3) is 4.14. The second-order valence-corrected chi connectivity index (χ2v) is 7.59. The maximum absolute atomic E-state index is 13.8. The van der Waals surface area contributed by atoms with Crippen LogP contribution in [0.1, 0.15) is 28.2 Å². The molecule has 4 rings (SSSR count). The van der Waals surface area contributed by atoms with E-state index in [9.17, 15) is 19.1 Å². The van der Waals surface area contributed by atoms with Crippen LogP contribution in [0.4, 0.5) is 9.18 Å². The van der Waals surface area contributed by atoms with Crippen molar-refractivity contribution in [3.63, 3.8) is 0 Å². The Hall–Kier alpha value is -3.67. The molecule has 1 amide bonds. The number of fused-ring (bicyclic) bond motifs is 3. The fourth-order valence-electron chi connectivity index (χ4n) is 4.08. The van der Waals surface area contributed by atoms with E-state index in [0.717, 1.165) is 22.3 Å². The van der Waals surface area contributed by atoms with Gasteiger partial charge in [0.15, 0.2) is 0 Å². The van der Waals surface area contributed by atoms with Crippen LogP contribution in [-0.2, 0) is 16.0 Å². The lowest BCUT2D eigenvalue weighted by atomic mass is 9.98. The van der Waals surface area contributed by atoms with Crippen LogP contribution in [0.3, 0.4) is 0 Å². The Balaban J connectivity index is 1.45. The first-order valence-electron chi connectivity index (χ1n) is 10.0. The summed E-state index contributed by atoms with van der Waals surface area (Å²) < 4.78 is 19.2. The number of ether oxygens (including phenoxy) is 1. The monoisotopic (exact) mass is 419 g/mol. The van der Waals surface area contributed by atoms with Crippen LogP contribution < -0.4 is 5.32 Å². The molecule has 31 heavy (non-hydrogen) atoms. The van der Waals surface area contributed by atoms with E-state index in [1.807, 2.05) is 48.5 Å². The van der Waals surface area contributed by atoms with Gasteiger partial charge in [0.05, 0.1) is 0 Å². The highest BCUT2D eigenvalue weighted by atomic mass is 19.1. The van der Waals surface area contributed by atoms with Crippen LogP contribution in [0.15, 0.2) is 66.7 Å². The molecule has 3 aromatic rings. The van der Waals surface area contributed by atoms with Crippen LogP contribution in [0.5, 0.6) is 0 Å². The van der Waals surface area contributed by atoms with Crippen LogP contribution >= 0.6 is 0 Å². The first-order chi connectivity index (χ1) is 15.0. The predicted molar refractivity (Wildman–Crippen MR) is 114 cm³/mol. The largest absolute Gasteiger partial charge is 0.480 e. The highest BCUT2D eigenvalue weighted by Gasteiger charge is 2.30. The van der Waals surface area contributed by atoms with Crippen molar-refractivity contribution < 1.29 is 23.8 Å². The van der Waals surface area contributed by atoms with E-state index < -0.39 is 23.9 Å². The van der Waals surface area contributed by atoms with Crippen molar-refractivity contribution in [3.05, 3.63) is 94.8 Å². The Labute approximate surface area is 179 Å². The molecule has 0 saturated carbocycles. The number of aliphatic carboxylic acids is 1. The molecule has 6 heteroatoms. The first kappa shape index (κ1) is 20.6. The Kier molecular flexibility index (Phi) is 5.71. The van der Waals surface area contributed by atoms with Gasteiger partial charge in [-0.15, -0.1) is 0 Å². The lowest BCUT2D eigenvalue weighted by Crippen LogP contribution is -2.43. The van der Waals surface area contributed by atoms with Crippen molar-refractivity contribution in [2.45, 2.75) is 25.3 Å². The number of alkyl carbamates (subject to hydrolysis) is 1. The maximum atomic E-state index is 13.8. The molecule has 0 fully saturated rings. The minimum absolute atomic E-state index is 0.0386. The van der Waals surface area contributed by atoms with E-state index in [1.165, 1.54) is 12.1 Å². The Morgan fingerprint density at radius 2 is 1.61 bits per heavy atom. The van der Waals surface area contributed by atoms with Crippen molar-refractivity contribution in [1.29, 1.82) is 0 Å². The number of carbonyl (C=O) groups excluding carboxylic acids is 1. The molecule has 1 aliphatic rings. The predicted octanol–water partition coefficient (Wildman–Crippen LogP) is 4.67. The number of carboxylic acids is 1. The number of hydrogen-bond acceptors (Lipinski definition) is 3. The maximum Gasteiger partial charge on any atom is 0.407 e. The summed E-state index contributed by atoms with van der Waals surface area (Å²) >= 11 is 0. The van der Waals surface area contributed by atoms with E-state index in [0.29, 0.717) is 11.1 Å². The van der Waals surface area contributed by atoms with Gasteiger partial charge >= 0.3 is 12.1 Å². The zero-order valence-electron chi connectivity index (χ0n) is 17.0. The average molecular weight is 419 g/mol. The van der Waals surface area contributed by atoms with Gasteiger partial charge in [0.2, 0.25) is 0 Å². The molecule has 0 heterocycles. The molecule has 0 spiro atoms. The zero-order valence-corrected chi connectivity index (χ0v) is 17.0. The molecule has 0 saturated heterocycles. The van der Waals surface area contributed by atoms with Gasteiger partial charge in [0.25, 0.3) is 0 Å². The molecule has 0 aromatic heterocycles. The van der Waals surface area contributed by atoms with Gasteiger partial charge in [0, 0.05) is 12.3 Å². The molecular formula is C25H22FNO4. The van der Waals surface area contributed by atoms with Gasteiger partial charge in [-0.25, -0.2) is 14.0 Å². The molecule has 0 radical (unpaired) electrons. The van der Waals surface area contributed by atoms with Crippen LogP contribution in [0, 0.1) is 12.7 Å². The van der Waals surface area contributed by atoms with Crippen LogP contribution in [0.25, 0.3) is 11.1 Å². The smallest absolute Gasteiger partial charge is 0.407 e. The topological polar surface area (TPSA) is 75.6 Å². The second-order valence-electron chi connectivity index (χ2n) is 7.59. The second kappa shape index (κ2) is 8.60. The summed E-state index contributed by atoms with van der Waals surface area (Å²) in [5, 5.41) is 11.9. The van der Waals surface area contributed by atoms with Crippen molar-refractivity contribution >= 4 is 12.1 Å². The number of carbonyl (C=O) groups is 2. The molecule has 5 nitrogen and oxygen atoms in total. The molecule has 3 aromatic carbocycles. The lowest BCUT2D eigenvalue weighted by molar-refractivity contribution is -0.139. The Morgan fingerprint density at radius 1 is 1.00 bits per heavy atom. The summed E-state index contributed by atoms with van der Waals surface area (Å²) in [5.74, 6) is -1.74. The van der Waals surface area contributed by atoms with E-state index in [2.05, 4.69) is 5.32 Å². The third-order valence-corrected chi connectivity index (χ3v) is 5.74. The Morgan fingerprint density at radius 3 is 2.23 bits per heavy atom. The van der Waals surface area contributed by atoms with E-state index in [1.54, 1.807) is 13.0 Å². The molecule has 158 valence electrons. The van der Waals surface area contributed by atoms with Gasteiger partial charge in [-0.3, -0.25) is 0 Å². The minimum Gasteiger partial charge on any atom is -0.480 e. The van der Waals surface area contributed by atoms with E-state index >= 15 is 0 Å². The molecule has 1 atom stereocenters. The third-order valence-electron chi connectivity index (χ3n) is 5.74. The first-order valence-corrected chi connectivity index (χ1v) is 10.0. The average Bonchev–Trinajstić information content (AvgIpc) is 3.08. The van der Waals surface area contributed by atoms with E-state index in [-0.39, 0.29) is 18.9 Å². The number of carboxylic acid groups (broad SMARTS) is 1. The molecule has 0 unspecified atom stereocenters. The number of rotatable bonds is 6. The fraction of sp³-hybridized carbons (Fsp3) is 0.200. The molecular weight excluding hydrogens is 397 g/mol. The van der Waals surface area contributed by atoms with E-state index in [4.69, 9.17) is 4.74 Å².